The van der Waals surface area contributed by atoms with Crippen molar-refractivity contribution in [2.45, 2.75) is 26.6 Å². The van der Waals surface area contributed by atoms with Gasteiger partial charge in [-0.15, -0.1) is 0 Å². The summed E-state index contributed by atoms with van der Waals surface area (Å²) < 4.78 is 5.46. The molecule has 2 rings (SSSR count). The lowest BCUT2D eigenvalue weighted by Crippen LogP contribution is -2.36. The zero-order valence-electron chi connectivity index (χ0n) is 15.2. The lowest BCUT2D eigenvalue weighted by atomic mass is 10.1. The summed E-state index contributed by atoms with van der Waals surface area (Å²) in [6, 6.07) is 14.6. The smallest absolute Gasteiger partial charge is 0.317 e. The van der Waals surface area contributed by atoms with E-state index >= 15 is 0 Å². The number of carbonyl (C=O) groups is 2. The lowest BCUT2D eigenvalue weighted by Gasteiger charge is -2.19. The molecule has 0 saturated heterocycles. The SMILES string of the molecule is CCOCc1ccccc1CNC(=O)N(C)Cc1ccc(C(N)=O)cc1. The molecule has 0 aliphatic heterocycles. The standard InChI is InChI=1S/C20H25N3O3/c1-3-26-14-18-7-5-4-6-17(18)12-22-20(25)23(2)13-15-8-10-16(11-9-15)19(21)24/h4-11H,3,12-14H2,1-2H3,(H2,21,24)(H,22,25). The Morgan fingerprint density at radius 1 is 1.08 bits per heavy atom. The fourth-order valence-corrected chi connectivity index (χ4v) is 2.51. The Labute approximate surface area is 153 Å². The molecule has 2 aromatic carbocycles. The van der Waals surface area contributed by atoms with Gasteiger partial charge < -0.3 is 20.7 Å². The van der Waals surface area contributed by atoms with Gasteiger partial charge in [0, 0.05) is 32.3 Å². The number of hydrogen-bond acceptors (Lipinski definition) is 3. The predicted octanol–water partition coefficient (Wildman–Crippen LogP) is 2.66. The molecule has 0 spiro atoms. The fourth-order valence-electron chi connectivity index (χ4n) is 2.51. The van der Waals surface area contributed by atoms with Crippen molar-refractivity contribution in [2.75, 3.05) is 13.7 Å². The van der Waals surface area contributed by atoms with Crippen molar-refractivity contribution in [1.29, 1.82) is 0 Å². The highest BCUT2D eigenvalue weighted by molar-refractivity contribution is 5.92. The molecule has 0 aliphatic carbocycles. The zero-order chi connectivity index (χ0) is 18.9. The third-order valence-electron chi connectivity index (χ3n) is 4.02. The lowest BCUT2D eigenvalue weighted by molar-refractivity contribution is 0.1000. The van der Waals surface area contributed by atoms with Crippen LogP contribution in [0.2, 0.25) is 0 Å². The summed E-state index contributed by atoms with van der Waals surface area (Å²) in [6.07, 6.45) is 0. The molecule has 0 atom stereocenters. The van der Waals surface area contributed by atoms with Crippen LogP contribution in [0, 0.1) is 0 Å². The van der Waals surface area contributed by atoms with Gasteiger partial charge in [-0.3, -0.25) is 4.79 Å². The predicted molar refractivity (Wildman–Crippen MR) is 100 cm³/mol. The molecule has 6 heteroatoms. The molecule has 0 bridgehead atoms. The van der Waals surface area contributed by atoms with E-state index in [-0.39, 0.29) is 6.03 Å². The monoisotopic (exact) mass is 355 g/mol. The molecule has 0 aliphatic rings. The Morgan fingerprint density at radius 3 is 2.35 bits per heavy atom. The largest absolute Gasteiger partial charge is 0.377 e. The second-order valence-corrected chi connectivity index (χ2v) is 5.98. The average molecular weight is 355 g/mol. The Balaban J connectivity index is 1.90. The minimum absolute atomic E-state index is 0.171. The van der Waals surface area contributed by atoms with Gasteiger partial charge in [0.05, 0.1) is 6.61 Å². The number of carbonyl (C=O) groups excluding carboxylic acids is 2. The van der Waals surface area contributed by atoms with Crippen molar-refractivity contribution < 1.29 is 14.3 Å². The van der Waals surface area contributed by atoms with Crippen LogP contribution in [0.3, 0.4) is 0 Å². The van der Waals surface area contributed by atoms with Gasteiger partial charge in [-0.2, -0.15) is 0 Å². The van der Waals surface area contributed by atoms with Crippen molar-refractivity contribution in [3.63, 3.8) is 0 Å². The number of rotatable bonds is 8. The van der Waals surface area contributed by atoms with Crippen molar-refractivity contribution >= 4 is 11.9 Å². The van der Waals surface area contributed by atoms with Crippen molar-refractivity contribution in [2.24, 2.45) is 5.73 Å². The van der Waals surface area contributed by atoms with Crippen LogP contribution < -0.4 is 11.1 Å². The van der Waals surface area contributed by atoms with Gasteiger partial charge >= 0.3 is 6.03 Å². The van der Waals surface area contributed by atoms with Gasteiger partial charge in [0.25, 0.3) is 0 Å². The summed E-state index contributed by atoms with van der Waals surface area (Å²) in [7, 11) is 1.73. The Kier molecular flexibility index (Phi) is 7.17. The third-order valence-corrected chi connectivity index (χ3v) is 4.02. The number of nitrogens with one attached hydrogen (secondary N) is 1. The van der Waals surface area contributed by atoms with E-state index in [1.807, 2.05) is 31.2 Å². The number of nitrogens with zero attached hydrogens (tertiary/aromatic N) is 1. The molecule has 138 valence electrons. The number of urea groups is 1. The molecule has 6 nitrogen and oxygen atoms in total. The summed E-state index contributed by atoms with van der Waals surface area (Å²) in [5.41, 5.74) is 8.70. The first kappa shape index (κ1) is 19.5. The minimum atomic E-state index is -0.464. The molecule has 0 radical (unpaired) electrons. The zero-order valence-corrected chi connectivity index (χ0v) is 15.2. The van der Waals surface area contributed by atoms with Crippen molar-refractivity contribution in [3.8, 4) is 0 Å². The summed E-state index contributed by atoms with van der Waals surface area (Å²) in [6.45, 7) is 4.01. The molecule has 2 aromatic rings. The van der Waals surface area contributed by atoms with Gasteiger partial charge in [-0.1, -0.05) is 36.4 Å². The van der Waals surface area contributed by atoms with Gasteiger partial charge in [0.2, 0.25) is 5.91 Å². The maximum Gasteiger partial charge on any atom is 0.317 e. The second kappa shape index (κ2) is 9.58. The maximum atomic E-state index is 12.3. The van der Waals surface area contributed by atoms with Crippen LogP contribution in [0.15, 0.2) is 48.5 Å². The molecule has 0 aromatic heterocycles. The summed E-state index contributed by atoms with van der Waals surface area (Å²) in [5, 5.41) is 2.92. The topological polar surface area (TPSA) is 84.7 Å². The first-order valence-electron chi connectivity index (χ1n) is 8.53. The highest BCUT2D eigenvalue weighted by atomic mass is 16.5. The van der Waals surface area contributed by atoms with Crippen LogP contribution in [0.25, 0.3) is 0 Å². The number of benzene rings is 2. The van der Waals surface area contributed by atoms with Crippen LogP contribution in [-0.4, -0.2) is 30.5 Å². The third kappa shape index (κ3) is 5.60. The molecule has 0 unspecified atom stereocenters. The normalized spacial score (nSPS) is 10.4. The second-order valence-electron chi connectivity index (χ2n) is 5.98. The van der Waals surface area contributed by atoms with Gasteiger partial charge in [-0.25, -0.2) is 4.79 Å². The van der Waals surface area contributed by atoms with Crippen LogP contribution in [0.5, 0.6) is 0 Å². The van der Waals surface area contributed by atoms with Crippen LogP contribution in [0.1, 0.15) is 34.0 Å². The molecule has 0 fully saturated rings. The first-order valence-corrected chi connectivity index (χ1v) is 8.53. The Morgan fingerprint density at radius 2 is 1.73 bits per heavy atom. The van der Waals surface area contributed by atoms with Crippen molar-refractivity contribution in [1.82, 2.24) is 10.2 Å². The molecule has 26 heavy (non-hydrogen) atoms. The molecular weight excluding hydrogens is 330 g/mol. The first-order chi connectivity index (χ1) is 12.5. The van der Waals surface area contributed by atoms with E-state index < -0.39 is 5.91 Å². The van der Waals surface area contributed by atoms with E-state index in [0.29, 0.717) is 31.9 Å². The Hall–Kier alpha value is -2.86. The number of hydrogen-bond donors (Lipinski definition) is 2. The summed E-state index contributed by atoms with van der Waals surface area (Å²) in [5.74, 6) is -0.464. The van der Waals surface area contributed by atoms with E-state index in [2.05, 4.69) is 5.32 Å². The highest BCUT2D eigenvalue weighted by Gasteiger charge is 2.10. The van der Waals surface area contributed by atoms with E-state index in [1.54, 1.807) is 36.2 Å². The van der Waals surface area contributed by atoms with E-state index in [1.165, 1.54) is 0 Å². The molecule has 0 saturated carbocycles. The summed E-state index contributed by atoms with van der Waals surface area (Å²) in [4.78, 5) is 25.0. The van der Waals surface area contributed by atoms with Crippen LogP contribution in [0.4, 0.5) is 4.79 Å². The van der Waals surface area contributed by atoms with Crippen LogP contribution >= 0.6 is 0 Å². The quantitative estimate of drug-likeness (QED) is 0.763. The molecule has 0 heterocycles. The number of primary amides is 1. The number of nitrogens with two attached hydrogens (primary N) is 1. The minimum Gasteiger partial charge on any atom is -0.377 e. The molecular formula is C20H25N3O3. The molecule has 3 N–H and O–H groups in total. The highest BCUT2D eigenvalue weighted by Crippen LogP contribution is 2.11. The number of ether oxygens (including phenoxy) is 1. The summed E-state index contributed by atoms with van der Waals surface area (Å²) >= 11 is 0. The molecule has 3 amide bonds. The van der Waals surface area contributed by atoms with Crippen molar-refractivity contribution in [3.05, 3.63) is 70.8 Å². The number of amides is 3. The van der Waals surface area contributed by atoms with Crippen LogP contribution in [-0.2, 0) is 24.4 Å². The Bertz CT molecular complexity index is 744. The van der Waals surface area contributed by atoms with Gasteiger partial charge in [0.1, 0.15) is 0 Å². The van der Waals surface area contributed by atoms with E-state index in [9.17, 15) is 9.59 Å². The maximum absolute atomic E-state index is 12.3. The van der Waals surface area contributed by atoms with E-state index in [4.69, 9.17) is 10.5 Å². The fraction of sp³-hybridized carbons (Fsp3) is 0.300. The van der Waals surface area contributed by atoms with Gasteiger partial charge in [-0.05, 0) is 35.7 Å². The van der Waals surface area contributed by atoms with E-state index in [0.717, 1.165) is 16.7 Å². The van der Waals surface area contributed by atoms with Gasteiger partial charge in [0.15, 0.2) is 0 Å². The average Bonchev–Trinajstić information content (AvgIpc) is 2.65.